The molecular formula is C7H6ClN3S. The Morgan fingerprint density at radius 3 is 3.08 bits per heavy atom. The van der Waals surface area contributed by atoms with Crippen molar-refractivity contribution in [3.8, 4) is 0 Å². The fraction of sp³-hybridized carbons (Fsp3) is 0.143. The van der Waals surface area contributed by atoms with Crippen LogP contribution in [0.3, 0.4) is 0 Å². The van der Waals surface area contributed by atoms with Crippen LogP contribution in [-0.2, 0) is 0 Å². The second-order valence-corrected chi connectivity index (χ2v) is 3.56. The molecule has 3 nitrogen and oxygen atoms in total. The molecular weight excluding hydrogens is 194 g/mol. The highest BCUT2D eigenvalue weighted by molar-refractivity contribution is 7.22. The number of halogens is 1. The predicted octanol–water partition coefficient (Wildman–Crippen LogP) is 2.57. The van der Waals surface area contributed by atoms with Crippen molar-refractivity contribution in [2.45, 2.75) is 6.92 Å². The summed E-state index contributed by atoms with van der Waals surface area (Å²) < 4.78 is 0. The fourth-order valence-corrected chi connectivity index (χ4v) is 1.93. The highest BCUT2D eigenvalue weighted by atomic mass is 35.5. The van der Waals surface area contributed by atoms with E-state index in [2.05, 4.69) is 14.8 Å². The molecule has 0 saturated carbocycles. The van der Waals surface area contributed by atoms with E-state index in [1.54, 1.807) is 6.20 Å². The van der Waals surface area contributed by atoms with Crippen LogP contribution in [0.1, 0.15) is 5.56 Å². The van der Waals surface area contributed by atoms with Gasteiger partial charge >= 0.3 is 0 Å². The Morgan fingerprint density at radius 2 is 2.42 bits per heavy atom. The first-order valence-corrected chi connectivity index (χ1v) is 4.59. The van der Waals surface area contributed by atoms with E-state index in [0.717, 1.165) is 15.9 Å². The summed E-state index contributed by atoms with van der Waals surface area (Å²) >= 11 is 6.87. The Bertz CT molecular complexity index is 412. The molecule has 2 rings (SSSR count). The van der Waals surface area contributed by atoms with Crippen molar-refractivity contribution in [2.24, 2.45) is 0 Å². The standard InChI is InChI=1S/C7H6ClN3S/c1-4-2-3-9-6-5(4)10-7(11-8)12-6/h2-3H,1H3,(H,10,11). The molecule has 0 spiro atoms. The molecule has 0 aliphatic carbocycles. The molecule has 0 saturated heterocycles. The minimum absolute atomic E-state index is 0.688. The first-order chi connectivity index (χ1) is 5.81. The summed E-state index contributed by atoms with van der Waals surface area (Å²) in [4.78, 5) is 11.8. The van der Waals surface area contributed by atoms with E-state index in [1.165, 1.54) is 11.3 Å². The zero-order chi connectivity index (χ0) is 8.55. The van der Waals surface area contributed by atoms with E-state index in [1.807, 2.05) is 13.0 Å². The van der Waals surface area contributed by atoms with Gasteiger partial charge in [0.2, 0.25) is 0 Å². The smallest absolute Gasteiger partial charge is 0.200 e. The number of aryl methyl sites for hydroxylation is 1. The summed E-state index contributed by atoms with van der Waals surface area (Å²) in [5, 5.41) is 0.688. The molecule has 0 amide bonds. The Labute approximate surface area is 78.5 Å². The van der Waals surface area contributed by atoms with E-state index in [0.29, 0.717) is 5.13 Å². The van der Waals surface area contributed by atoms with E-state index >= 15 is 0 Å². The summed E-state index contributed by atoms with van der Waals surface area (Å²) in [5.41, 5.74) is 2.04. The Kier molecular flexibility index (Phi) is 1.86. The van der Waals surface area contributed by atoms with Gasteiger partial charge < -0.3 is 0 Å². The number of nitrogens with one attached hydrogen (secondary N) is 1. The van der Waals surface area contributed by atoms with Crippen LogP contribution in [0.15, 0.2) is 12.3 Å². The Morgan fingerprint density at radius 1 is 1.58 bits per heavy atom. The molecule has 0 unspecified atom stereocenters. The average Bonchev–Trinajstić information content (AvgIpc) is 2.49. The van der Waals surface area contributed by atoms with Gasteiger partial charge in [-0.15, -0.1) is 0 Å². The zero-order valence-electron chi connectivity index (χ0n) is 6.34. The van der Waals surface area contributed by atoms with Gasteiger partial charge in [-0.2, -0.15) is 0 Å². The number of nitrogens with zero attached hydrogens (tertiary/aromatic N) is 2. The lowest BCUT2D eigenvalue weighted by Crippen LogP contribution is -1.79. The molecule has 2 aromatic rings. The second kappa shape index (κ2) is 2.88. The maximum Gasteiger partial charge on any atom is 0.200 e. The maximum absolute atomic E-state index is 5.42. The number of thiazole rings is 1. The maximum atomic E-state index is 5.42. The lowest BCUT2D eigenvalue weighted by molar-refractivity contribution is 1.35. The van der Waals surface area contributed by atoms with Crippen LogP contribution in [0.5, 0.6) is 0 Å². The fourth-order valence-electron chi connectivity index (χ4n) is 0.993. The first kappa shape index (κ1) is 7.76. The van der Waals surface area contributed by atoms with Crippen LogP contribution in [0.25, 0.3) is 10.3 Å². The third kappa shape index (κ3) is 1.13. The summed E-state index contributed by atoms with van der Waals surface area (Å²) in [6.45, 7) is 2.00. The van der Waals surface area contributed by atoms with Crippen LogP contribution in [-0.4, -0.2) is 9.97 Å². The van der Waals surface area contributed by atoms with Gasteiger partial charge in [0.25, 0.3) is 0 Å². The quantitative estimate of drug-likeness (QED) is 0.718. The van der Waals surface area contributed by atoms with Crippen molar-refractivity contribution in [3.05, 3.63) is 17.8 Å². The highest BCUT2D eigenvalue weighted by Gasteiger charge is 2.04. The second-order valence-electron chi connectivity index (χ2n) is 2.40. The van der Waals surface area contributed by atoms with Crippen LogP contribution in [0.2, 0.25) is 0 Å². The summed E-state index contributed by atoms with van der Waals surface area (Å²) in [7, 11) is 0. The number of anilines is 1. The van der Waals surface area contributed by atoms with Crippen LogP contribution >= 0.6 is 23.1 Å². The molecule has 1 N–H and O–H groups in total. The summed E-state index contributed by atoms with van der Waals surface area (Å²) in [6.07, 6.45) is 1.77. The lowest BCUT2D eigenvalue weighted by atomic mass is 10.3. The van der Waals surface area contributed by atoms with Gasteiger partial charge in [-0.3, -0.25) is 4.84 Å². The van der Waals surface area contributed by atoms with E-state index in [4.69, 9.17) is 11.8 Å². The molecule has 62 valence electrons. The largest absolute Gasteiger partial charge is 0.274 e. The van der Waals surface area contributed by atoms with Crippen molar-refractivity contribution in [3.63, 3.8) is 0 Å². The summed E-state index contributed by atoms with van der Waals surface area (Å²) in [6, 6.07) is 1.93. The minimum atomic E-state index is 0.688. The number of hydrogen-bond donors (Lipinski definition) is 1. The third-order valence-electron chi connectivity index (χ3n) is 1.58. The predicted molar refractivity (Wildman–Crippen MR) is 51.6 cm³/mol. The third-order valence-corrected chi connectivity index (χ3v) is 2.75. The molecule has 0 radical (unpaired) electrons. The lowest BCUT2D eigenvalue weighted by Gasteiger charge is -1.89. The van der Waals surface area contributed by atoms with E-state index in [9.17, 15) is 0 Å². The van der Waals surface area contributed by atoms with Gasteiger partial charge in [0.05, 0.1) is 0 Å². The SMILES string of the molecule is Cc1ccnc2sc(NCl)nc12. The molecule has 5 heteroatoms. The molecule has 0 aromatic carbocycles. The topological polar surface area (TPSA) is 37.8 Å². The van der Waals surface area contributed by atoms with Crippen LogP contribution < -0.4 is 4.84 Å². The summed E-state index contributed by atoms with van der Waals surface area (Å²) in [5.74, 6) is 0. The highest BCUT2D eigenvalue weighted by Crippen LogP contribution is 2.25. The normalized spacial score (nSPS) is 10.5. The number of fused-ring (bicyclic) bond motifs is 1. The number of aromatic nitrogens is 2. The number of rotatable bonds is 1. The van der Waals surface area contributed by atoms with Crippen molar-refractivity contribution < 1.29 is 0 Å². The molecule has 2 aromatic heterocycles. The molecule has 0 aliphatic heterocycles. The van der Waals surface area contributed by atoms with Gasteiger partial charge in [0.15, 0.2) is 5.13 Å². The first-order valence-electron chi connectivity index (χ1n) is 3.40. The van der Waals surface area contributed by atoms with Gasteiger partial charge in [0, 0.05) is 18.0 Å². The van der Waals surface area contributed by atoms with E-state index in [-0.39, 0.29) is 0 Å². The molecule has 0 fully saturated rings. The average molecular weight is 200 g/mol. The Balaban J connectivity index is 2.74. The number of hydrogen-bond acceptors (Lipinski definition) is 4. The van der Waals surface area contributed by atoms with Crippen molar-refractivity contribution >= 4 is 38.6 Å². The minimum Gasteiger partial charge on any atom is -0.274 e. The Hall–Kier alpha value is -0.870. The monoisotopic (exact) mass is 199 g/mol. The zero-order valence-corrected chi connectivity index (χ0v) is 7.91. The number of pyridine rings is 1. The van der Waals surface area contributed by atoms with Crippen molar-refractivity contribution in [1.82, 2.24) is 9.97 Å². The molecule has 0 bridgehead atoms. The van der Waals surface area contributed by atoms with Crippen molar-refractivity contribution in [2.75, 3.05) is 4.84 Å². The molecule has 0 aliphatic rings. The van der Waals surface area contributed by atoms with Gasteiger partial charge in [-0.1, -0.05) is 11.3 Å². The molecule has 2 heterocycles. The van der Waals surface area contributed by atoms with Gasteiger partial charge in [-0.25, -0.2) is 9.97 Å². The van der Waals surface area contributed by atoms with Gasteiger partial charge in [0.1, 0.15) is 10.3 Å². The van der Waals surface area contributed by atoms with Crippen LogP contribution in [0.4, 0.5) is 5.13 Å². The van der Waals surface area contributed by atoms with Crippen molar-refractivity contribution in [1.29, 1.82) is 0 Å². The van der Waals surface area contributed by atoms with E-state index < -0.39 is 0 Å². The molecule has 12 heavy (non-hydrogen) atoms. The van der Waals surface area contributed by atoms with Crippen LogP contribution in [0, 0.1) is 6.92 Å². The van der Waals surface area contributed by atoms with Gasteiger partial charge in [-0.05, 0) is 18.6 Å². The molecule has 0 atom stereocenters.